The van der Waals surface area contributed by atoms with Crippen molar-refractivity contribution in [3.63, 3.8) is 0 Å². The van der Waals surface area contributed by atoms with Gasteiger partial charge in [-0.2, -0.15) is 0 Å². The van der Waals surface area contributed by atoms with E-state index in [9.17, 15) is 0 Å². The fraction of sp³-hybridized carbons (Fsp3) is 0.286. The molecule has 2 aromatic rings. The summed E-state index contributed by atoms with van der Waals surface area (Å²) in [6.45, 7) is 0.778. The molecule has 0 saturated carbocycles. The first-order valence-electron chi connectivity index (χ1n) is 5.87. The highest BCUT2D eigenvalue weighted by Gasteiger charge is 2.21. The van der Waals surface area contributed by atoms with Crippen LogP contribution in [0.3, 0.4) is 0 Å². The molecule has 2 nitrogen and oxygen atoms in total. The van der Waals surface area contributed by atoms with Crippen LogP contribution in [0.1, 0.15) is 29.3 Å². The van der Waals surface area contributed by atoms with Crippen LogP contribution in [0, 0.1) is 0 Å². The monoisotopic (exact) mass is 247 g/mol. The molecule has 17 heavy (non-hydrogen) atoms. The van der Waals surface area contributed by atoms with Gasteiger partial charge in [-0.1, -0.05) is 17.7 Å². The molecule has 1 unspecified atom stereocenters. The van der Waals surface area contributed by atoms with Crippen molar-refractivity contribution in [2.75, 3.05) is 0 Å². The number of fused-ring (bicyclic) bond motifs is 1. The highest BCUT2D eigenvalue weighted by molar-refractivity contribution is 6.30. The Morgan fingerprint density at radius 1 is 1.35 bits per heavy atom. The fourth-order valence-corrected chi connectivity index (χ4v) is 2.63. The van der Waals surface area contributed by atoms with E-state index < -0.39 is 0 Å². The molecular formula is C14H14ClNO. The second-order valence-electron chi connectivity index (χ2n) is 4.39. The Bertz CT molecular complexity index is 507. The minimum Gasteiger partial charge on any atom is -0.468 e. The van der Waals surface area contributed by atoms with Gasteiger partial charge in [-0.3, -0.25) is 0 Å². The molecule has 88 valence electrons. The van der Waals surface area contributed by atoms with Crippen LogP contribution in [0.25, 0.3) is 0 Å². The van der Waals surface area contributed by atoms with Gasteiger partial charge < -0.3 is 9.73 Å². The van der Waals surface area contributed by atoms with E-state index in [2.05, 4.69) is 17.4 Å². The molecule has 0 saturated heterocycles. The zero-order valence-electron chi connectivity index (χ0n) is 9.45. The minimum atomic E-state index is 0.423. The van der Waals surface area contributed by atoms with E-state index in [0.29, 0.717) is 6.04 Å². The Morgan fingerprint density at radius 3 is 3.12 bits per heavy atom. The predicted octanol–water partition coefficient (Wildman–Crippen LogP) is 3.71. The second kappa shape index (κ2) is 4.55. The van der Waals surface area contributed by atoms with Gasteiger partial charge in [0.05, 0.1) is 12.8 Å². The summed E-state index contributed by atoms with van der Waals surface area (Å²) in [7, 11) is 0. The lowest BCUT2D eigenvalue weighted by atomic mass is 10.1. The van der Waals surface area contributed by atoms with E-state index in [-0.39, 0.29) is 0 Å². The maximum Gasteiger partial charge on any atom is 0.117 e. The molecule has 0 spiro atoms. The van der Waals surface area contributed by atoms with E-state index in [0.717, 1.165) is 30.2 Å². The molecule has 0 bridgehead atoms. The van der Waals surface area contributed by atoms with Crippen molar-refractivity contribution in [3.05, 3.63) is 58.5 Å². The molecule has 0 fully saturated rings. The number of hydrogen-bond acceptors (Lipinski definition) is 2. The van der Waals surface area contributed by atoms with E-state index in [1.807, 2.05) is 18.2 Å². The Labute approximate surface area is 106 Å². The summed E-state index contributed by atoms with van der Waals surface area (Å²) in [4.78, 5) is 0. The van der Waals surface area contributed by atoms with Gasteiger partial charge in [0.2, 0.25) is 0 Å². The van der Waals surface area contributed by atoms with Crippen molar-refractivity contribution in [1.82, 2.24) is 5.32 Å². The summed E-state index contributed by atoms with van der Waals surface area (Å²) < 4.78 is 5.32. The first kappa shape index (κ1) is 10.9. The number of rotatable bonds is 3. The maximum absolute atomic E-state index is 5.99. The highest BCUT2D eigenvalue weighted by Crippen LogP contribution is 2.32. The number of aryl methyl sites for hydroxylation is 1. The van der Waals surface area contributed by atoms with Crippen molar-refractivity contribution >= 4 is 11.6 Å². The van der Waals surface area contributed by atoms with Crippen LogP contribution in [0.15, 0.2) is 41.0 Å². The SMILES string of the molecule is Clc1ccc2c(c1)CCC2NCc1ccco1. The van der Waals surface area contributed by atoms with Crippen LogP contribution in [-0.4, -0.2) is 0 Å². The largest absolute Gasteiger partial charge is 0.468 e. The topological polar surface area (TPSA) is 25.2 Å². The Kier molecular flexibility index (Phi) is 2.91. The lowest BCUT2D eigenvalue weighted by Gasteiger charge is -2.12. The van der Waals surface area contributed by atoms with Gasteiger partial charge in [-0.15, -0.1) is 0 Å². The van der Waals surface area contributed by atoms with E-state index in [1.165, 1.54) is 11.1 Å². The number of benzene rings is 1. The molecule has 1 aromatic carbocycles. The van der Waals surface area contributed by atoms with E-state index in [1.54, 1.807) is 6.26 Å². The first-order chi connectivity index (χ1) is 8.33. The third kappa shape index (κ3) is 2.24. The van der Waals surface area contributed by atoms with Crippen LogP contribution >= 0.6 is 11.6 Å². The Morgan fingerprint density at radius 2 is 2.29 bits per heavy atom. The van der Waals surface area contributed by atoms with Gasteiger partial charge in [-0.05, 0) is 48.2 Å². The van der Waals surface area contributed by atoms with Gasteiger partial charge in [0.15, 0.2) is 0 Å². The van der Waals surface area contributed by atoms with Crippen LogP contribution in [0.2, 0.25) is 5.02 Å². The summed E-state index contributed by atoms with van der Waals surface area (Å²) in [5, 5.41) is 4.35. The van der Waals surface area contributed by atoms with Crippen molar-refractivity contribution in [2.45, 2.75) is 25.4 Å². The molecule has 1 aliphatic rings. The van der Waals surface area contributed by atoms with Gasteiger partial charge in [0.1, 0.15) is 5.76 Å². The highest BCUT2D eigenvalue weighted by atomic mass is 35.5. The van der Waals surface area contributed by atoms with Crippen LogP contribution in [0.4, 0.5) is 0 Å². The Hall–Kier alpha value is -1.25. The molecule has 0 aliphatic heterocycles. The number of hydrogen-bond donors (Lipinski definition) is 1. The lowest BCUT2D eigenvalue weighted by molar-refractivity contribution is 0.448. The molecule has 0 amide bonds. The van der Waals surface area contributed by atoms with Crippen LogP contribution < -0.4 is 5.32 Å². The summed E-state index contributed by atoms with van der Waals surface area (Å²) >= 11 is 5.99. The lowest BCUT2D eigenvalue weighted by Crippen LogP contribution is -2.18. The summed E-state index contributed by atoms with van der Waals surface area (Å²) in [5.74, 6) is 0.979. The van der Waals surface area contributed by atoms with Crippen molar-refractivity contribution in [3.8, 4) is 0 Å². The average Bonchev–Trinajstić information content (AvgIpc) is 2.94. The molecule has 3 heteroatoms. The fourth-order valence-electron chi connectivity index (χ4n) is 2.44. The summed E-state index contributed by atoms with van der Waals surface area (Å²) in [5.41, 5.74) is 2.75. The first-order valence-corrected chi connectivity index (χ1v) is 6.25. The average molecular weight is 248 g/mol. The van der Waals surface area contributed by atoms with Gasteiger partial charge in [-0.25, -0.2) is 0 Å². The van der Waals surface area contributed by atoms with Crippen molar-refractivity contribution < 1.29 is 4.42 Å². The molecule has 1 aliphatic carbocycles. The molecular weight excluding hydrogens is 234 g/mol. The van der Waals surface area contributed by atoms with Gasteiger partial charge >= 0.3 is 0 Å². The zero-order valence-corrected chi connectivity index (χ0v) is 10.2. The quantitative estimate of drug-likeness (QED) is 0.895. The van der Waals surface area contributed by atoms with Gasteiger partial charge in [0.25, 0.3) is 0 Å². The summed E-state index contributed by atoms with van der Waals surface area (Å²) in [6.07, 6.45) is 3.95. The number of nitrogens with one attached hydrogen (secondary N) is 1. The van der Waals surface area contributed by atoms with E-state index >= 15 is 0 Å². The Balaban J connectivity index is 1.71. The van der Waals surface area contributed by atoms with Crippen molar-refractivity contribution in [2.24, 2.45) is 0 Å². The smallest absolute Gasteiger partial charge is 0.117 e. The molecule has 1 atom stereocenters. The molecule has 0 radical (unpaired) electrons. The van der Waals surface area contributed by atoms with Gasteiger partial charge in [0, 0.05) is 11.1 Å². The molecule has 3 rings (SSSR count). The number of furan rings is 1. The van der Waals surface area contributed by atoms with Crippen molar-refractivity contribution in [1.29, 1.82) is 0 Å². The third-order valence-electron chi connectivity index (χ3n) is 3.29. The van der Waals surface area contributed by atoms with Crippen LogP contribution in [0.5, 0.6) is 0 Å². The maximum atomic E-state index is 5.99. The van der Waals surface area contributed by atoms with Crippen LogP contribution in [-0.2, 0) is 13.0 Å². The minimum absolute atomic E-state index is 0.423. The predicted molar refractivity (Wildman–Crippen MR) is 68.1 cm³/mol. The zero-order chi connectivity index (χ0) is 11.7. The second-order valence-corrected chi connectivity index (χ2v) is 4.83. The normalized spacial score (nSPS) is 18.3. The standard InChI is InChI=1S/C14H14ClNO/c15-11-4-5-13-10(8-11)3-6-14(13)16-9-12-2-1-7-17-12/h1-2,4-5,7-8,14,16H,3,6,9H2. The number of halogens is 1. The third-order valence-corrected chi connectivity index (χ3v) is 3.52. The molecule has 1 N–H and O–H groups in total. The molecule has 1 aromatic heterocycles. The summed E-state index contributed by atoms with van der Waals surface area (Å²) in [6, 6.07) is 10.5. The molecule has 1 heterocycles. The van der Waals surface area contributed by atoms with E-state index in [4.69, 9.17) is 16.0 Å².